The number of carbonyl (C=O) groups excluding carboxylic acids is 3. The molecule has 1 unspecified atom stereocenters. The van der Waals surface area contributed by atoms with Gasteiger partial charge in [-0.1, -0.05) is 34.5 Å². The van der Waals surface area contributed by atoms with Crippen LogP contribution in [0, 0.1) is 0 Å². The highest BCUT2D eigenvalue weighted by molar-refractivity contribution is 6.31. The maximum absolute atomic E-state index is 13.2. The first kappa shape index (κ1) is 28.4. The number of benzene rings is 1. The Bertz CT molecular complexity index is 1260. The maximum Gasteiger partial charge on any atom is 0.329 e. The van der Waals surface area contributed by atoms with Crippen LogP contribution >= 0.6 is 34.8 Å². The van der Waals surface area contributed by atoms with Crippen molar-refractivity contribution in [2.75, 3.05) is 17.7 Å². The van der Waals surface area contributed by atoms with E-state index in [0.29, 0.717) is 22.0 Å². The smallest absolute Gasteiger partial charge is 0.329 e. The number of nitrogens with one attached hydrogen (secondary N) is 1. The van der Waals surface area contributed by atoms with Crippen molar-refractivity contribution in [3.8, 4) is 5.69 Å². The number of halogens is 3. The first-order chi connectivity index (χ1) is 17.5. The zero-order valence-corrected chi connectivity index (χ0v) is 22.6. The van der Waals surface area contributed by atoms with Gasteiger partial charge < -0.3 is 15.0 Å². The second-order valence-electron chi connectivity index (χ2n) is 8.97. The molecule has 196 valence electrons. The molecule has 0 radical (unpaired) electrons. The summed E-state index contributed by atoms with van der Waals surface area (Å²) in [5, 5.41) is 10.9. The fourth-order valence-electron chi connectivity index (χ4n) is 3.40. The third kappa shape index (κ3) is 8.14. The Kier molecular flexibility index (Phi) is 9.47. The van der Waals surface area contributed by atoms with Crippen LogP contribution < -0.4 is 5.32 Å². The van der Waals surface area contributed by atoms with E-state index < -0.39 is 41.9 Å². The molecule has 0 bridgehead atoms. The van der Waals surface area contributed by atoms with Crippen LogP contribution in [0.25, 0.3) is 5.69 Å². The summed E-state index contributed by atoms with van der Waals surface area (Å²) in [6.45, 7) is 4.65. The molecule has 10 nitrogen and oxygen atoms in total. The highest BCUT2D eigenvalue weighted by Crippen LogP contribution is 2.25. The number of amides is 2. The number of esters is 1. The Morgan fingerprint density at radius 2 is 1.95 bits per heavy atom. The monoisotopic (exact) mass is 566 g/mol. The number of carbonyl (C=O) groups is 3. The molecule has 13 heteroatoms. The molecule has 2 aromatic heterocycles. The van der Waals surface area contributed by atoms with Gasteiger partial charge in [0, 0.05) is 23.8 Å². The molecule has 2 heterocycles. The van der Waals surface area contributed by atoms with Gasteiger partial charge >= 0.3 is 5.97 Å². The molecule has 0 aliphatic carbocycles. The lowest BCUT2D eigenvalue weighted by Gasteiger charge is -2.32. The molecule has 37 heavy (non-hydrogen) atoms. The lowest BCUT2D eigenvalue weighted by Crippen LogP contribution is -2.51. The van der Waals surface area contributed by atoms with Crippen LogP contribution in [0.3, 0.4) is 0 Å². The molecular formula is C24H25Cl3N6O4. The van der Waals surface area contributed by atoms with Gasteiger partial charge in [-0.25, -0.2) is 9.48 Å². The molecule has 2 amide bonds. The summed E-state index contributed by atoms with van der Waals surface area (Å²) >= 11 is 17.9. The molecule has 1 N–H and O–H groups in total. The predicted molar refractivity (Wildman–Crippen MR) is 140 cm³/mol. The van der Waals surface area contributed by atoms with Crippen LogP contribution in [0.15, 0.2) is 48.9 Å². The minimum absolute atomic E-state index is 0.0680. The van der Waals surface area contributed by atoms with Crippen LogP contribution in [0.5, 0.6) is 0 Å². The molecule has 3 aromatic rings. The first-order valence-electron chi connectivity index (χ1n) is 11.1. The van der Waals surface area contributed by atoms with Crippen LogP contribution in [0.4, 0.5) is 5.69 Å². The van der Waals surface area contributed by atoms with Gasteiger partial charge in [0.05, 0.1) is 17.6 Å². The molecule has 0 aliphatic heterocycles. The van der Waals surface area contributed by atoms with Gasteiger partial charge in [0.2, 0.25) is 11.8 Å². The topological polar surface area (TPSA) is 119 Å². The lowest BCUT2D eigenvalue weighted by atomic mass is 10.1. The summed E-state index contributed by atoms with van der Waals surface area (Å²) in [7, 11) is 0. The zero-order valence-electron chi connectivity index (χ0n) is 20.3. The fourth-order valence-corrected chi connectivity index (χ4v) is 3.85. The summed E-state index contributed by atoms with van der Waals surface area (Å²) in [5.74, 6) is -2.35. The van der Waals surface area contributed by atoms with E-state index in [9.17, 15) is 14.4 Å². The second-order valence-corrected chi connectivity index (χ2v) is 10.1. The third-order valence-electron chi connectivity index (χ3n) is 4.90. The van der Waals surface area contributed by atoms with Crippen LogP contribution in [-0.2, 0) is 25.5 Å². The summed E-state index contributed by atoms with van der Waals surface area (Å²) in [4.78, 5) is 44.4. The third-order valence-corrected chi connectivity index (χ3v) is 5.54. The molecule has 0 saturated carbocycles. The summed E-state index contributed by atoms with van der Waals surface area (Å²) < 4.78 is 6.93. The van der Waals surface area contributed by atoms with Crippen molar-refractivity contribution in [2.45, 2.75) is 38.8 Å². The van der Waals surface area contributed by atoms with Gasteiger partial charge in [0.1, 0.15) is 24.1 Å². The van der Waals surface area contributed by atoms with Gasteiger partial charge in [-0.3, -0.25) is 14.6 Å². The average Bonchev–Trinajstić information content (AvgIpc) is 3.26. The van der Waals surface area contributed by atoms with Crippen molar-refractivity contribution >= 4 is 58.3 Å². The zero-order chi connectivity index (χ0) is 27.2. The minimum atomic E-state index is -1.13. The number of rotatable bonds is 9. The minimum Gasteiger partial charge on any atom is -0.458 e. The van der Waals surface area contributed by atoms with E-state index >= 15 is 0 Å². The van der Waals surface area contributed by atoms with E-state index in [1.807, 2.05) is 0 Å². The first-order valence-corrected chi connectivity index (χ1v) is 12.4. The average molecular weight is 568 g/mol. The predicted octanol–water partition coefficient (Wildman–Crippen LogP) is 3.93. The van der Waals surface area contributed by atoms with E-state index in [1.54, 1.807) is 57.4 Å². The number of hydrogen-bond donors (Lipinski definition) is 1. The number of pyridine rings is 1. The molecule has 1 atom stereocenters. The standard InChI is InChI=1S/C24H25Cl3N6O4/c1-24(2,3)37-23(36)19(9-15-5-4-8-28-12-15)32(22(35)11-25)14-21(34)29-17-10-16(26)6-7-18(17)33-13-20(27)30-31-33/h4-8,10,12-13,19H,9,11,14H2,1-3H3,(H,29,34). The molecule has 0 saturated heterocycles. The van der Waals surface area contributed by atoms with E-state index in [1.165, 1.54) is 16.9 Å². The Hall–Kier alpha value is -3.21. The van der Waals surface area contributed by atoms with Crippen molar-refractivity contribution < 1.29 is 19.1 Å². The van der Waals surface area contributed by atoms with Crippen LogP contribution in [0.2, 0.25) is 10.2 Å². The Morgan fingerprint density at radius 1 is 1.19 bits per heavy atom. The molecule has 3 rings (SSSR count). The quantitative estimate of drug-likeness (QED) is 0.307. The van der Waals surface area contributed by atoms with Gasteiger partial charge in [0.25, 0.3) is 0 Å². The Morgan fingerprint density at radius 3 is 2.54 bits per heavy atom. The number of alkyl halides is 1. The number of hydrogen-bond acceptors (Lipinski definition) is 7. The van der Waals surface area contributed by atoms with Crippen molar-refractivity contribution in [2.24, 2.45) is 0 Å². The summed E-state index contributed by atoms with van der Waals surface area (Å²) in [5.41, 5.74) is 0.577. The van der Waals surface area contributed by atoms with Crippen molar-refractivity contribution in [1.82, 2.24) is 24.9 Å². The maximum atomic E-state index is 13.2. The van der Waals surface area contributed by atoms with Gasteiger partial charge in [0.15, 0.2) is 5.15 Å². The SMILES string of the molecule is CC(C)(C)OC(=O)C(Cc1cccnc1)N(CC(=O)Nc1cc(Cl)ccc1-n1cc(Cl)nn1)C(=O)CCl. The van der Waals surface area contributed by atoms with Gasteiger partial charge in [-0.2, -0.15) is 0 Å². The highest BCUT2D eigenvalue weighted by atomic mass is 35.5. The van der Waals surface area contributed by atoms with Crippen LogP contribution in [-0.4, -0.2) is 66.7 Å². The molecule has 0 spiro atoms. The molecule has 0 aliphatic rings. The Balaban J connectivity index is 1.90. The Labute approximate surface area is 228 Å². The summed E-state index contributed by atoms with van der Waals surface area (Å²) in [6, 6.07) is 7.08. The molecule has 1 aromatic carbocycles. The highest BCUT2D eigenvalue weighted by Gasteiger charge is 2.34. The van der Waals surface area contributed by atoms with Gasteiger partial charge in [-0.05, 0) is 50.6 Å². The summed E-state index contributed by atoms with van der Waals surface area (Å²) in [6.07, 6.45) is 4.68. The normalized spacial score (nSPS) is 12.1. The second kappa shape index (κ2) is 12.4. The number of nitrogens with zero attached hydrogens (tertiary/aromatic N) is 5. The van der Waals surface area contributed by atoms with Crippen molar-refractivity contribution in [1.29, 1.82) is 0 Å². The largest absolute Gasteiger partial charge is 0.458 e. The van der Waals surface area contributed by atoms with E-state index in [4.69, 9.17) is 39.5 Å². The van der Waals surface area contributed by atoms with E-state index in [-0.39, 0.29) is 11.6 Å². The van der Waals surface area contributed by atoms with Crippen LogP contribution in [0.1, 0.15) is 26.3 Å². The van der Waals surface area contributed by atoms with Gasteiger partial charge in [-0.15, -0.1) is 16.7 Å². The molecular weight excluding hydrogens is 543 g/mol. The number of aromatic nitrogens is 4. The van der Waals surface area contributed by atoms with Crippen molar-refractivity contribution in [3.63, 3.8) is 0 Å². The lowest BCUT2D eigenvalue weighted by molar-refractivity contribution is -0.164. The van der Waals surface area contributed by atoms with E-state index in [0.717, 1.165) is 4.90 Å². The molecule has 0 fully saturated rings. The number of anilines is 1. The number of ether oxygens (including phenoxy) is 1. The fraction of sp³-hybridized carbons (Fsp3) is 0.333. The van der Waals surface area contributed by atoms with Crippen molar-refractivity contribution in [3.05, 3.63) is 64.7 Å². The van der Waals surface area contributed by atoms with E-state index in [2.05, 4.69) is 20.6 Å².